The molecule has 2 N–H and O–H groups in total. The molecule has 0 aliphatic carbocycles. The number of hydrogen-bond donors (Lipinski definition) is 1. The molecule has 1 atom stereocenters. The van der Waals surface area contributed by atoms with Crippen LogP contribution in [0.15, 0.2) is 36.7 Å². The fourth-order valence-corrected chi connectivity index (χ4v) is 3.70. The molecule has 1 aromatic heterocycles. The van der Waals surface area contributed by atoms with Crippen molar-refractivity contribution in [2.24, 2.45) is 5.73 Å². The maximum Gasteiger partial charge on any atom is 0.240 e. The van der Waals surface area contributed by atoms with Crippen LogP contribution in [-0.2, 0) is 17.8 Å². The summed E-state index contributed by atoms with van der Waals surface area (Å²) in [6, 6.07) is 10.3. The molecule has 0 unspecified atom stereocenters. The van der Waals surface area contributed by atoms with Crippen molar-refractivity contribution in [2.45, 2.75) is 31.8 Å². The minimum atomic E-state index is -0.278. The second-order valence-electron chi connectivity index (χ2n) is 6.43. The summed E-state index contributed by atoms with van der Waals surface area (Å²) in [5.74, 6) is 1.42. The van der Waals surface area contributed by atoms with Gasteiger partial charge in [-0.2, -0.15) is 0 Å². The number of fused-ring (bicyclic) bond motifs is 1. The van der Waals surface area contributed by atoms with Crippen LogP contribution in [-0.4, -0.2) is 35.0 Å². The summed E-state index contributed by atoms with van der Waals surface area (Å²) < 4.78 is 0. The SMILES string of the molecule is NC(=O)[C@H]1CCCN1c1cc(N2CCc3ccccc3C2)ncn1. The predicted octanol–water partition coefficient (Wildman–Crippen LogP) is 1.49. The van der Waals surface area contributed by atoms with E-state index in [-0.39, 0.29) is 11.9 Å². The number of primary amides is 1. The number of aromatic nitrogens is 2. The van der Waals surface area contributed by atoms with E-state index in [1.165, 1.54) is 11.1 Å². The molecule has 4 rings (SSSR count). The van der Waals surface area contributed by atoms with Crippen molar-refractivity contribution in [3.63, 3.8) is 0 Å². The van der Waals surface area contributed by atoms with Crippen LogP contribution in [0.4, 0.5) is 11.6 Å². The highest BCUT2D eigenvalue weighted by Gasteiger charge is 2.30. The van der Waals surface area contributed by atoms with Crippen LogP contribution in [0.2, 0.25) is 0 Å². The molecular weight excluding hydrogens is 302 g/mol. The van der Waals surface area contributed by atoms with Gasteiger partial charge in [0.15, 0.2) is 0 Å². The van der Waals surface area contributed by atoms with Crippen LogP contribution in [0.25, 0.3) is 0 Å². The Balaban J connectivity index is 1.59. The van der Waals surface area contributed by atoms with Crippen molar-refractivity contribution in [1.29, 1.82) is 0 Å². The quantitative estimate of drug-likeness (QED) is 0.926. The third kappa shape index (κ3) is 2.68. The first-order valence-electron chi connectivity index (χ1n) is 8.42. The van der Waals surface area contributed by atoms with Crippen LogP contribution in [0, 0.1) is 0 Å². The zero-order chi connectivity index (χ0) is 16.5. The highest BCUT2D eigenvalue weighted by molar-refractivity contribution is 5.84. The first kappa shape index (κ1) is 14.9. The number of carbonyl (C=O) groups excluding carboxylic acids is 1. The maximum absolute atomic E-state index is 11.6. The zero-order valence-electron chi connectivity index (χ0n) is 13.6. The summed E-state index contributed by atoms with van der Waals surface area (Å²) in [6.07, 6.45) is 4.36. The van der Waals surface area contributed by atoms with Gasteiger partial charge in [-0.3, -0.25) is 4.79 Å². The number of carbonyl (C=O) groups is 1. The highest BCUT2D eigenvalue weighted by atomic mass is 16.1. The Morgan fingerprint density at radius 2 is 1.92 bits per heavy atom. The smallest absolute Gasteiger partial charge is 0.240 e. The number of anilines is 2. The van der Waals surface area contributed by atoms with Crippen molar-refractivity contribution in [1.82, 2.24) is 9.97 Å². The molecule has 1 fully saturated rings. The lowest BCUT2D eigenvalue weighted by molar-refractivity contribution is -0.119. The van der Waals surface area contributed by atoms with E-state index in [0.717, 1.165) is 50.5 Å². The third-order valence-electron chi connectivity index (χ3n) is 4.97. The molecule has 2 aliphatic heterocycles. The summed E-state index contributed by atoms with van der Waals surface area (Å²) in [7, 11) is 0. The lowest BCUT2D eigenvalue weighted by Crippen LogP contribution is -2.41. The molecule has 1 amide bonds. The Bertz CT molecular complexity index is 763. The molecule has 24 heavy (non-hydrogen) atoms. The van der Waals surface area contributed by atoms with E-state index in [1.807, 2.05) is 11.0 Å². The minimum absolute atomic E-state index is 0.255. The molecule has 6 nitrogen and oxygen atoms in total. The van der Waals surface area contributed by atoms with Gasteiger partial charge in [0, 0.05) is 25.7 Å². The Labute approximate surface area is 141 Å². The molecule has 6 heteroatoms. The second kappa shape index (κ2) is 6.11. The maximum atomic E-state index is 11.6. The van der Waals surface area contributed by atoms with Gasteiger partial charge in [0.25, 0.3) is 0 Å². The van der Waals surface area contributed by atoms with E-state index in [2.05, 4.69) is 39.1 Å². The summed E-state index contributed by atoms with van der Waals surface area (Å²) in [5, 5.41) is 0. The van der Waals surface area contributed by atoms with Crippen LogP contribution in [0.5, 0.6) is 0 Å². The monoisotopic (exact) mass is 323 g/mol. The Morgan fingerprint density at radius 3 is 2.75 bits per heavy atom. The van der Waals surface area contributed by atoms with Crippen molar-refractivity contribution in [3.8, 4) is 0 Å². The predicted molar refractivity (Wildman–Crippen MR) is 92.8 cm³/mol. The zero-order valence-corrected chi connectivity index (χ0v) is 13.6. The first-order chi connectivity index (χ1) is 11.7. The lowest BCUT2D eigenvalue weighted by atomic mass is 10.00. The van der Waals surface area contributed by atoms with Gasteiger partial charge < -0.3 is 15.5 Å². The van der Waals surface area contributed by atoms with E-state index in [1.54, 1.807) is 6.33 Å². The fraction of sp³-hybridized carbons (Fsp3) is 0.389. The normalized spacial score (nSPS) is 20.1. The van der Waals surface area contributed by atoms with Gasteiger partial charge >= 0.3 is 0 Å². The van der Waals surface area contributed by atoms with Crippen LogP contribution in [0.1, 0.15) is 24.0 Å². The van der Waals surface area contributed by atoms with E-state index in [4.69, 9.17) is 5.73 Å². The van der Waals surface area contributed by atoms with Gasteiger partial charge in [0.2, 0.25) is 5.91 Å². The van der Waals surface area contributed by atoms with E-state index >= 15 is 0 Å². The summed E-state index contributed by atoms with van der Waals surface area (Å²) in [5.41, 5.74) is 8.29. The number of nitrogens with two attached hydrogens (primary N) is 1. The number of benzene rings is 1. The molecule has 1 saturated heterocycles. The molecule has 0 radical (unpaired) electrons. The number of hydrogen-bond acceptors (Lipinski definition) is 5. The molecule has 2 aliphatic rings. The largest absolute Gasteiger partial charge is 0.368 e. The van der Waals surface area contributed by atoms with Crippen molar-refractivity contribution in [3.05, 3.63) is 47.8 Å². The third-order valence-corrected chi connectivity index (χ3v) is 4.97. The average Bonchev–Trinajstić information content (AvgIpc) is 3.11. The van der Waals surface area contributed by atoms with Crippen LogP contribution < -0.4 is 15.5 Å². The first-order valence-corrected chi connectivity index (χ1v) is 8.42. The van der Waals surface area contributed by atoms with Gasteiger partial charge in [-0.15, -0.1) is 0 Å². The van der Waals surface area contributed by atoms with Gasteiger partial charge in [-0.1, -0.05) is 24.3 Å². The lowest BCUT2D eigenvalue weighted by Gasteiger charge is -2.30. The Kier molecular flexibility index (Phi) is 3.80. The topological polar surface area (TPSA) is 75.4 Å². The Morgan fingerprint density at radius 1 is 1.12 bits per heavy atom. The summed E-state index contributed by atoms with van der Waals surface area (Å²) in [6.45, 7) is 2.60. The molecule has 0 spiro atoms. The van der Waals surface area contributed by atoms with E-state index in [0.29, 0.717) is 0 Å². The molecule has 1 aromatic carbocycles. The average molecular weight is 323 g/mol. The van der Waals surface area contributed by atoms with Gasteiger partial charge in [0.1, 0.15) is 24.0 Å². The van der Waals surface area contributed by atoms with E-state index < -0.39 is 0 Å². The molecule has 3 heterocycles. The summed E-state index contributed by atoms with van der Waals surface area (Å²) in [4.78, 5) is 24.7. The van der Waals surface area contributed by atoms with Crippen molar-refractivity contribution < 1.29 is 4.79 Å². The van der Waals surface area contributed by atoms with Crippen LogP contribution in [0.3, 0.4) is 0 Å². The van der Waals surface area contributed by atoms with Crippen molar-refractivity contribution in [2.75, 3.05) is 22.9 Å². The van der Waals surface area contributed by atoms with Gasteiger partial charge in [-0.05, 0) is 30.4 Å². The molecule has 2 aromatic rings. The highest BCUT2D eigenvalue weighted by Crippen LogP contribution is 2.28. The Hall–Kier alpha value is -2.63. The number of rotatable bonds is 3. The molecule has 0 bridgehead atoms. The second-order valence-corrected chi connectivity index (χ2v) is 6.43. The van der Waals surface area contributed by atoms with Gasteiger partial charge in [-0.25, -0.2) is 9.97 Å². The summed E-state index contributed by atoms with van der Waals surface area (Å²) >= 11 is 0. The van der Waals surface area contributed by atoms with Crippen molar-refractivity contribution >= 4 is 17.5 Å². The molecule has 124 valence electrons. The van der Waals surface area contributed by atoms with Gasteiger partial charge in [0.05, 0.1) is 0 Å². The number of nitrogens with zero attached hydrogens (tertiary/aromatic N) is 4. The fourth-order valence-electron chi connectivity index (χ4n) is 3.70. The number of amides is 1. The van der Waals surface area contributed by atoms with Crippen LogP contribution >= 0.6 is 0 Å². The van der Waals surface area contributed by atoms with E-state index in [9.17, 15) is 4.79 Å². The molecule has 0 saturated carbocycles. The molecular formula is C18H21N5O. The minimum Gasteiger partial charge on any atom is -0.368 e. The standard InChI is InChI=1S/C18H21N5O/c19-18(24)15-6-3-8-23(15)17-10-16(20-12-21-17)22-9-7-13-4-1-2-5-14(13)11-22/h1-2,4-5,10,12,15H,3,6-9,11H2,(H2,19,24)/t15-/m1/s1.